The minimum absolute atomic E-state index is 0.124. The van der Waals surface area contributed by atoms with Gasteiger partial charge in [0.25, 0.3) is 5.91 Å². The Kier molecular flexibility index (Phi) is 6.94. The van der Waals surface area contributed by atoms with E-state index in [2.05, 4.69) is 32.1 Å². The molecule has 1 atom stereocenters. The monoisotopic (exact) mass is 353 g/mol. The van der Waals surface area contributed by atoms with Crippen LogP contribution in [0.15, 0.2) is 40.5 Å². The molecule has 0 bridgehead atoms. The molecule has 0 radical (unpaired) electrons. The lowest BCUT2D eigenvalue weighted by Gasteiger charge is -2.11. The van der Waals surface area contributed by atoms with Gasteiger partial charge in [0.05, 0.1) is 0 Å². The Morgan fingerprint density at radius 3 is 2.43 bits per heavy atom. The van der Waals surface area contributed by atoms with Gasteiger partial charge in [-0.3, -0.25) is 15.0 Å². The maximum Gasteiger partial charge on any atom is 0.269 e. The van der Waals surface area contributed by atoms with Crippen molar-refractivity contribution in [1.82, 2.24) is 16.2 Å². The SMILES string of the molecule is CCC(C)NC(=O)C=C(C)NNC(=O)c1ccc(Br)cc1. The Bertz CT molecular complexity index is 526. The highest BCUT2D eigenvalue weighted by Crippen LogP contribution is 2.10. The highest BCUT2D eigenvalue weighted by Gasteiger charge is 2.06. The number of rotatable bonds is 6. The molecule has 5 nitrogen and oxygen atoms in total. The summed E-state index contributed by atoms with van der Waals surface area (Å²) >= 11 is 3.31. The summed E-state index contributed by atoms with van der Waals surface area (Å²) in [5, 5.41) is 2.81. The molecule has 2 amide bonds. The predicted molar refractivity (Wildman–Crippen MR) is 86.4 cm³/mol. The Morgan fingerprint density at radius 1 is 1.24 bits per heavy atom. The van der Waals surface area contributed by atoms with Crippen LogP contribution in [-0.2, 0) is 4.79 Å². The zero-order valence-electron chi connectivity index (χ0n) is 12.4. The molecule has 1 unspecified atom stereocenters. The molecule has 0 spiro atoms. The van der Waals surface area contributed by atoms with Crippen molar-refractivity contribution in [2.45, 2.75) is 33.2 Å². The third-order valence-corrected chi connectivity index (χ3v) is 3.36. The molecule has 0 heterocycles. The van der Waals surface area contributed by atoms with Crippen LogP contribution in [-0.4, -0.2) is 17.9 Å². The summed E-state index contributed by atoms with van der Waals surface area (Å²) in [5.74, 6) is -0.454. The number of halogens is 1. The normalized spacial score (nSPS) is 12.5. The second kappa shape index (κ2) is 8.46. The molecule has 0 aliphatic rings. The number of carbonyl (C=O) groups excluding carboxylic acids is 2. The minimum Gasteiger partial charge on any atom is -0.350 e. The van der Waals surface area contributed by atoms with Crippen molar-refractivity contribution in [3.8, 4) is 0 Å². The Balaban J connectivity index is 2.48. The molecule has 6 heteroatoms. The van der Waals surface area contributed by atoms with Crippen LogP contribution in [0.5, 0.6) is 0 Å². The fourth-order valence-corrected chi connectivity index (χ4v) is 1.71. The fourth-order valence-electron chi connectivity index (χ4n) is 1.45. The lowest BCUT2D eigenvalue weighted by Crippen LogP contribution is -2.37. The van der Waals surface area contributed by atoms with Gasteiger partial charge >= 0.3 is 0 Å². The minimum atomic E-state index is -0.266. The first kappa shape index (κ1) is 17.2. The molecule has 0 aliphatic heterocycles. The van der Waals surface area contributed by atoms with E-state index in [0.29, 0.717) is 11.3 Å². The van der Waals surface area contributed by atoms with Crippen LogP contribution in [0.1, 0.15) is 37.6 Å². The lowest BCUT2D eigenvalue weighted by atomic mass is 10.2. The average molecular weight is 354 g/mol. The lowest BCUT2D eigenvalue weighted by molar-refractivity contribution is -0.117. The molecule has 1 rings (SSSR count). The van der Waals surface area contributed by atoms with Gasteiger partial charge in [-0.2, -0.15) is 0 Å². The Hall–Kier alpha value is -1.82. The van der Waals surface area contributed by atoms with E-state index in [1.54, 1.807) is 31.2 Å². The zero-order chi connectivity index (χ0) is 15.8. The van der Waals surface area contributed by atoms with Gasteiger partial charge in [-0.25, -0.2) is 0 Å². The maximum atomic E-state index is 11.9. The van der Waals surface area contributed by atoms with E-state index in [4.69, 9.17) is 0 Å². The van der Waals surface area contributed by atoms with Crippen LogP contribution in [0.4, 0.5) is 0 Å². The van der Waals surface area contributed by atoms with E-state index in [0.717, 1.165) is 10.9 Å². The molecule has 0 aromatic heterocycles. The summed E-state index contributed by atoms with van der Waals surface area (Å²) in [6.45, 7) is 5.64. The molecule has 0 aliphatic carbocycles. The molecule has 21 heavy (non-hydrogen) atoms. The predicted octanol–water partition coefficient (Wildman–Crippen LogP) is 2.50. The first-order valence-electron chi connectivity index (χ1n) is 6.73. The molecule has 0 saturated heterocycles. The zero-order valence-corrected chi connectivity index (χ0v) is 14.0. The molecular formula is C15H20BrN3O2. The van der Waals surface area contributed by atoms with E-state index in [1.165, 1.54) is 6.08 Å². The smallest absolute Gasteiger partial charge is 0.269 e. The van der Waals surface area contributed by atoms with Gasteiger partial charge in [-0.15, -0.1) is 0 Å². The van der Waals surface area contributed by atoms with Gasteiger partial charge < -0.3 is 10.7 Å². The van der Waals surface area contributed by atoms with E-state index < -0.39 is 0 Å². The Labute approximate surface area is 133 Å². The quantitative estimate of drug-likeness (QED) is 0.543. The van der Waals surface area contributed by atoms with Gasteiger partial charge in [0.15, 0.2) is 0 Å². The molecule has 3 N–H and O–H groups in total. The summed E-state index contributed by atoms with van der Waals surface area (Å²) in [7, 11) is 0. The van der Waals surface area contributed by atoms with Crippen LogP contribution < -0.4 is 16.2 Å². The van der Waals surface area contributed by atoms with E-state index in [1.807, 2.05) is 13.8 Å². The van der Waals surface area contributed by atoms with Gasteiger partial charge in [-0.1, -0.05) is 22.9 Å². The van der Waals surface area contributed by atoms with Crippen LogP contribution in [0.2, 0.25) is 0 Å². The topological polar surface area (TPSA) is 70.2 Å². The number of allylic oxidation sites excluding steroid dienone is 1. The number of benzene rings is 1. The number of carbonyl (C=O) groups is 2. The highest BCUT2D eigenvalue weighted by molar-refractivity contribution is 9.10. The summed E-state index contributed by atoms with van der Waals surface area (Å²) in [4.78, 5) is 23.5. The fraction of sp³-hybridized carbons (Fsp3) is 0.333. The summed E-state index contributed by atoms with van der Waals surface area (Å²) in [6, 6.07) is 7.11. The number of amides is 2. The van der Waals surface area contributed by atoms with Crippen molar-refractivity contribution in [2.75, 3.05) is 0 Å². The van der Waals surface area contributed by atoms with Crippen molar-refractivity contribution in [2.24, 2.45) is 0 Å². The maximum absolute atomic E-state index is 11.9. The Morgan fingerprint density at radius 2 is 1.86 bits per heavy atom. The van der Waals surface area contributed by atoms with Gasteiger partial charge in [0, 0.05) is 27.9 Å². The standard InChI is InChI=1S/C15H20BrN3O2/c1-4-10(2)17-14(20)9-11(3)18-19-15(21)12-5-7-13(16)8-6-12/h5-10,18H,4H2,1-3H3,(H,17,20)(H,19,21). The first-order chi connectivity index (χ1) is 9.92. The third-order valence-electron chi connectivity index (χ3n) is 2.83. The highest BCUT2D eigenvalue weighted by atomic mass is 79.9. The van der Waals surface area contributed by atoms with E-state index in [9.17, 15) is 9.59 Å². The van der Waals surface area contributed by atoms with Crippen LogP contribution in [0, 0.1) is 0 Å². The van der Waals surface area contributed by atoms with Gasteiger partial charge in [0.2, 0.25) is 5.91 Å². The molecule has 0 saturated carbocycles. The average Bonchev–Trinajstić information content (AvgIpc) is 2.45. The number of hydrazine groups is 1. The molecular weight excluding hydrogens is 334 g/mol. The summed E-state index contributed by atoms with van der Waals surface area (Å²) in [6.07, 6.45) is 2.28. The number of nitrogens with one attached hydrogen (secondary N) is 3. The molecule has 1 aromatic rings. The van der Waals surface area contributed by atoms with Crippen molar-refractivity contribution in [3.63, 3.8) is 0 Å². The van der Waals surface area contributed by atoms with Crippen LogP contribution >= 0.6 is 15.9 Å². The molecule has 1 aromatic carbocycles. The molecule has 114 valence electrons. The van der Waals surface area contributed by atoms with Crippen LogP contribution in [0.25, 0.3) is 0 Å². The number of hydrogen-bond acceptors (Lipinski definition) is 3. The largest absolute Gasteiger partial charge is 0.350 e. The van der Waals surface area contributed by atoms with Crippen molar-refractivity contribution < 1.29 is 9.59 Å². The van der Waals surface area contributed by atoms with Crippen molar-refractivity contribution in [1.29, 1.82) is 0 Å². The molecule has 0 fully saturated rings. The van der Waals surface area contributed by atoms with Crippen molar-refractivity contribution >= 4 is 27.7 Å². The van der Waals surface area contributed by atoms with E-state index >= 15 is 0 Å². The summed E-state index contributed by atoms with van der Waals surface area (Å²) in [5.41, 5.74) is 6.33. The second-order valence-electron chi connectivity index (χ2n) is 4.73. The van der Waals surface area contributed by atoms with Crippen molar-refractivity contribution in [3.05, 3.63) is 46.1 Å². The number of hydrogen-bond donors (Lipinski definition) is 3. The first-order valence-corrected chi connectivity index (χ1v) is 7.52. The van der Waals surface area contributed by atoms with E-state index in [-0.39, 0.29) is 17.9 Å². The van der Waals surface area contributed by atoms with Crippen LogP contribution in [0.3, 0.4) is 0 Å². The third kappa shape index (κ3) is 6.44. The summed E-state index contributed by atoms with van der Waals surface area (Å²) < 4.78 is 0.907. The van der Waals surface area contributed by atoms with Gasteiger partial charge in [-0.05, 0) is 44.5 Å². The van der Waals surface area contributed by atoms with Gasteiger partial charge in [0.1, 0.15) is 0 Å². The second-order valence-corrected chi connectivity index (χ2v) is 5.65.